The number of sulfonamides is 1. The Morgan fingerprint density at radius 1 is 1.02 bits per heavy atom. The Labute approximate surface area is 233 Å². The Kier molecular flexibility index (Phi) is 7.66. The number of hydrogen-bond donors (Lipinski definition) is 4. The maximum Gasteiger partial charge on any atom is 0.262 e. The van der Waals surface area contributed by atoms with E-state index in [1.54, 1.807) is 30.6 Å². The molecule has 1 atom stereocenters. The van der Waals surface area contributed by atoms with Gasteiger partial charge in [-0.15, -0.1) is 0 Å². The second kappa shape index (κ2) is 11.2. The minimum absolute atomic E-state index is 0.0000263. The largest absolute Gasteiger partial charge is 0.506 e. The molecule has 208 valence electrons. The van der Waals surface area contributed by atoms with E-state index in [4.69, 9.17) is 4.42 Å². The number of imidazole rings is 1. The Bertz CT molecular complexity index is 1680. The third-order valence-corrected chi connectivity index (χ3v) is 8.16. The van der Waals surface area contributed by atoms with Gasteiger partial charge in [0.2, 0.25) is 0 Å². The molecule has 0 bridgehead atoms. The summed E-state index contributed by atoms with van der Waals surface area (Å²) in [6, 6.07) is 22.1. The first-order chi connectivity index (χ1) is 19.1. The van der Waals surface area contributed by atoms with Crippen LogP contribution in [0.15, 0.2) is 101 Å². The molecule has 9 nitrogen and oxygen atoms in total. The number of benzene rings is 3. The van der Waals surface area contributed by atoms with E-state index in [1.165, 1.54) is 24.3 Å². The van der Waals surface area contributed by atoms with E-state index in [0.717, 1.165) is 28.8 Å². The zero-order valence-corrected chi connectivity index (χ0v) is 23.1. The fourth-order valence-electron chi connectivity index (χ4n) is 4.35. The first kappa shape index (κ1) is 27.4. The first-order valence-corrected chi connectivity index (χ1v) is 14.4. The number of hydrogen-bond acceptors (Lipinski definition) is 7. The summed E-state index contributed by atoms with van der Waals surface area (Å²) in [6.45, 7) is 5.03. The van der Waals surface area contributed by atoms with Crippen molar-refractivity contribution in [2.75, 3.05) is 11.3 Å². The molecule has 2 aromatic heterocycles. The zero-order chi connectivity index (χ0) is 28.3. The van der Waals surface area contributed by atoms with Crippen LogP contribution in [0, 0.1) is 0 Å². The van der Waals surface area contributed by atoms with Crippen molar-refractivity contribution < 1.29 is 23.0 Å². The maximum absolute atomic E-state index is 12.7. The number of nitrogens with one attached hydrogen (secondary N) is 2. The number of phenols is 1. The van der Waals surface area contributed by atoms with Crippen LogP contribution < -0.4 is 10.0 Å². The van der Waals surface area contributed by atoms with Crippen LogP contribution >= 0.6 is 0 Å². The Morgan fingerprint density at radius 3 is 2.55 bits per heavy atom. The van der Waals surface area contributed by atoms with Gasteiger partial charge in [0.25, 0.3) is 10.0 Å². The molecule has 10 heteroatoms. The number of rotatable bonds is 11. The average Bonchev–Trinajstić information content (AvgIpc) is 3.60. The van der Waals surface area contributed by atoms with Gasteiger partial charge in [0, 0.05) is 30.2 Å². The summed E-state index contributed by atoms with van der Waals surface area (Å²) < 4.78 is 35.7. The Morgan fingerprint density at radius 2 is 1.77 bits per heavy atom. The van der Waals surface area contributed by atoms with E-state index in [-0.39, 0.29) is 28.4 Å². The van der Waals surface area contributed by atoms with Crippen LogP contribution in [0.3, 0.4) is 0 Å². The second-order valence-electron chi connectivity index (χ2n) is 10.4. The number of fused-ring (bicyclic) bond motifs is 1. The van der Waals surface area contributed by atoms with Gasteiger partial charge in [0.05, 0.1) is 23.0 Å². The van der Waals surface area contributed by atoms with Crippen molar-refractivity contribution in [1.29, 1.82) is 0 Å². The lowest BCUT2D eigenvalue weighted by Gasteiger charge is -2.28. The van der Waals surface area contributed by atoms with Gasteiger partial charge in [0.1, 0.15) is 17.0 Å². The number of β-amino-alcohol motifs (C(OH)–C–C–N with tert-alkyl or cyclic N) is 1. The van der Waals surface area contributed by atoms with Crippen molar-refractivity contribution in [2.45, 2.75) is 43.4 Å². The molecule has 0 spiro atoms. The Balaban J connectivity index is 1.18. The summed E-state index contributed by atoms with van der Waals surface area (Å²) in [5.74, 6) is 0.492. The number of aliphatic hydroxyl groups is 1. The standard InChI is InChI=1S/C30H32N4O5S/c1-30(2,14-15-34-19-25(31-20-34)29-17-22-8-6-7-11-28(22)39-29)32-18-27(36)21-12-13-26(35)24(16-21)33-40(37,38)23-9-4-3-5-10-23/h3-13,16-17,19-20,27,32-33,35-36H,14-15,18H2,1-2H3. The van der Waals surface area contributed by atoms with Crippen molar-refractivity contribution in [3.63, 3.8) is 0 Å². The number of furan rings is 1. The molecule has 0 aliphatic rings. The molecular weight excluding hydrogens is 528 g/mol. The molecule has 5 aromatic rings. The SMILES string of the molecule is CC(C)(CCn1cnc(-c2cc3ccccc3o2)c1)NCC(O)c1ccc(O)c(NS(=O)(=O)c2ccccc2)c1. The topological polar surface area (TPSA) is 130 Å². The summed E-state index contributed by atoms with van der Waals surface area (Å²) in [5, 5.41) is 25.5. The van der Waals surface area contributed by atoms with E-state index >= 15 is 0 Å². The van der Waals surface area contributed by atoms with E-state index in [2.05, 4.69) is 15.0 Å². The number of aromatic nitrogens is 2. The van der Waals surface area contributed by atoms with Gasteiger partial charge < -0.3 is 24.5 Å². The summed E-state index contributed by atoms with van der Waals surface area (Å²) >= 11 is 0. The smallest absolute Gasteiger partial charge is 0.262 e. The third kappa shape index (κ3) is 6.36. The number of aliphatic hydroxyl groups excluding tert-OH is 1. The first-order valence-electron chi connectivity index (χ1n) is 12.9. The lowest BCUT2D eigenvalue weighted by atomic mass is 9.99. The lowest BCUT2D eigenvalue weighted by molar-refractivity contribution is 0.158. The van der Waals surface area contributed by atoms with E-state index in [1.807, 2.05) is 54.9 Å². The fourth-order valence-corrected chi connectivity index (χ4v) is 5.44. The van der Waals surface area contributed by atoms with Crippen LogP contribution in [0.1, 0.15) is 31.9 Å². The molecule has 0 saturated heterocycles. The van der Waals surface area contributed by atoms with Crippen LogP contribution in [-0.4, -0.2) is 40.3 Å². The highest BCUT2D eigenvalue weighted by molar-refractivity contribution is 7.92. The number of para-hydroxylation sites is 1. The van der Waals surface area contributed by atoms with Crippen molar-refractivity contribution in [3.05, 3.63) is 97.0 Å². The number of phenolic OH excluding ortho intramolecular Hbond substituents is 1. The summed E-state index contributed by atoms with van der Waals surface area (Å²) in [5.41, 5.74) is 1.74. The molecule has 3 aromatic carbocycles. The van der Waals surface area contributed by atoms with Gasteiger partial charge in [-0.05, 0) is 62.2 Å². The lowest BCUT2D eigenvalue weighted by Crippen LogP contribution is -2.42. The van der Waals surface area contributed by atoms with E-state index in [9.17, 15) is 18.6 Å². The minimum atomic E-state index is -3.89. The van der Waals surface area contributed by atoms with Crippen molar-refractivity contribution in [2.24, 2.45) is 0 Å². The summed E-state index contributed by atoms with van der Waals surface area (Å²) in [7, 11) is -3.89. The minimum Gasteiger partial charge on any atom is -0.506 e. The van der Waals surface area contributed by atoms with Gasteiger partial charge in [-0.3, -0.25) is 4.72 Å². The van der Waals surface area contributed by atoms with Crippen LogP contribution in [0.2, 0.25) is 0 Å². The number of nitrogens with zero attached hydrogens (tertiary/aromatic N) is 2. The third-order valence-electron chi connectivity index (χ3n) is 6.78. The molecule has 0 aliphatic carbocycles. The monoisotopic (exact) mass is 560 g/mol. The highest BCUT2D eigenvalue weighted by Crippen LogP contribution is 2.30. The van der Waals surface area contributed by atoms with Crippen LogP contribution in [-0.2, 0) is 16.6 Å². The molecule has 4 N–H and O–H groups in total. The second-order valence-corrected chi connectivity index (χ2v) is 12.1. The van der Waals surface area contributed by atoms with Crippen LogP contribution in [0.5, 0.6) is 5.75 Å². The zero-order valence-electron chi connectivity index (χ0n) is 22.3. The molecule has 0 fully saturated rings. The van der Waals surface area contributed by atoms with E-state index < -0.39 is 16.1 Å². The van der Waals surface area contributed by atoms with Gasteiger partial charge >= 0.3 is 0 Å². The average molecular weight is 561 g/mol. The Hall–Kier alpha value is -4.12. The summed E-state index contributed by atoms with van der Waals surface area (Å²) in [6.07, 6.45) is 3.57. The number of anilines is 1. The van der Waals surface area contributed by atoms with Gasteiger partial charge in [-0.1, -0.05) is 42.5 Å². The molecule has 5 rings (SSSR count). The molecule has 0 saturated carbocycles. The van der Waals surface area contributed by atoms with Crippen molar-refractivity contribution >= 4 is 26.7 Å². The molecule has 2 heterocycles. The predicted octanol–water partition coefficient (Wildman–Crippen LogP) is 5.29. The highest BCUT2D eigenvalue weighted by atomic mass is 32.2. The number of aromatic hydroxyl groups is 1. The van der Waals surface area contributed by atoms with Crippen molar-refractivity contribution in [1.82, 2.24) is 14.9 Å². The molecular formula is C30H32N4O5S. The fraction of sp³-hybridized carbons (Fsp3) is 0.233. The van der Waals surface area contributed by atoms with Crippen LogP contribution in [0.4, 0.5) is 5.69 Å². The van der Waals surface area contributed by atoms with Gasteiger partial charge in [-0.2, -0.15) is 0 Å². The van der Waals surface area contributed by atoms with Gasteiger partial charge in [0.15, 0.2) is 5.76 Å². The molecule has 0 radical (unpaired) electrons. The molecule has 40 heavy (non-hydrogen) atoms. The number of aryl methyl sites for hydroxylation is 1. The quantitative estimate of drug-likeness (QED) is 0.161. The van der Waals surface area contributed by atoms with Gasteiger partial charge in [-0.25, -0.2) is 13.4 Å². The molecule has 0 aliphatic heterocycles. The molecule has 1 unspecified atom stereocenters. The maximum atomic E-state index is 12.7. The predicted molar refractivity (Wildman–Crippen MR) is 154 cm³/mol. The van der Waals surface area contributed by atoms with Crippen LogP contribution in [0.25, 0.3) is 22.4 Å². The molecule has 0 amide bonds. The highest BCUT2D eigenvalue weighted by Gasteiger charge is 2.21. The normalized spacial score (nSPS) is 13.0. The van der Waals surface area contributed by atoms with E-state index in [0.29, 0.717) is 12.1 Å². The van der Waals surface area contributed by atoms with Crippen molar-refractivity contribution in [3.8, 4) is 17.2 Å². The summed E-state index contributed by atoms with van der Waals surface area (Å²) in [4.78, 5) is 4.57.